The van der Waals surface area contributed by atoms with Crippen LogP contribution < -0.4 is 9.50 Å². The minimum Gasteiger partial charge on any atom is -0.379 e. The van der Waals surface area contributed by atoms with E-state index in [9.17, 15) is 28.1 Å². The van der Waals surface area contributed by atoms with Crippen LogP contribution in [0.5, 0.6) is 5.75 Å². The Morgan fingerprint density at radius 1 is 1.03 bits per heavy atom. The second-order valence-electron chi connectivity index (χ2n) is 7.77. The Morgan fingerprint density at radius 3 is 2.34 bits per heavy atom. The standard InChI is InChI=1S/C24H23N3O7S/c1-16-6-4-9-22(17(16)2)25-23(28)15-26(3)24(29)18-10-12-20(13-11-18)34-35(32,33)21-8-5-7-19(14-21)27(30)31/h4-14H,15H2,1-3H3,(H,25,28). The minimum absolute atomic E-state index is 0.0802. The predicted octanol–water partition coefficient (Wildman–Crippen LogP) is 3.69. The highest BCUT2D eigenvalue weighted by atomic mass is 32.2. The molecule has 0 aliphatic carbocycles. The van der Waals surface area contributed by atoms with Crippen molar-refractivity contribution in [2.75, 3.05) is 18.9 Å². The first-order chi connectivity index (χ1) is 16.5. The number of benzene rings is 3. The lowest BCUT2D eigenvalue weighted by Gasteiger charge is -2.18. The number of hydrogen-bond donors (Lipinski definition) is 1. The highest BCUT2D eigenvalue weighted by Crippen LogP contribution is 2.23. The van der Waals surface area contributed by atoms with Crippen molar-refractivity contribution < 1.29 is 27.1 Å². The fourth-order valence-electron chi connectivity index (χ4n) is 3.16. The number of amides is 2. The van der Waals surface area contributed by atoms with Crippen molar-refractivity contribution in [3.8, 4) is 5.75 Å². The van der Waals surface area contributed by atoms with E-state index in [0.717, 1.165) is 23.3 Å². The van der Waals surface area contributed by atoms with Gasteiger partial charge >= 0.3 is 10.1 Å². The van der Waals surface area contributed by atoms with E-state index in [4.69, 9.17) is 4.18 Å². The van der Waals surface area contributed by atoms with Gasteiger partial charge in [-0.05, 0) is 61.4 Å². The summed E-state index contributed by atoms with van der Waals surface area (Å²) in [5.74, 6) is -0.893. The molecule has 0 aliphatic heterocycles. The number of rotatable bonds is 8. The van der Waals surface area contributed by atoms with E-state index in [0.29, 0.717) is 5.69 Å². The zero-order valence-corrected chi connectivity index (χ0v) is 20.0. The Balaban J connectivity index is 1.65. The molecule has 0 aliphatic rings. The van der Waals surface area contributed by atoms with Crippen molar-refractivity contribution in [3.05, 3.63) is 93.5 Å². The van der Waals surface area contributed by atoms with E-state index in [1.807, 2.05) is 26.0 Å². The SMILES string of the molecule is Cc1cccc(NC(=O)CN(C)C(=O)c2ccc(OS(=O)(=O)c3cccc([N+](=O)[O-])c3)cc2)c1C. The monoisotopic (exact) mass is 497 g/mol. The molecule has 182 valence electrons. The van der Waals surface area contributed by atoms with E-state index >= 15 is 0 Å². The molecule has 10 nitrogen and oxygen atoms in total. The smallest absolute Gasteiger partial charge is 0.339 e. The third-order valence-electron chi connectivity index (χ3n) is 5.23. The first-order valence-electron chi connectivity index (χ1n) is 10.4. The lowest BCUT2D eigenvalue weighted by Crippen LogP contribution is -2.35. The second kappa shape index (κ2) is 10.3. The van der Waals surface area contributed by atoms with E-state index in [2.05, 4.69) is 5.32 Å². The first-order valence-corrected chi connectivity index (χ1v) is 11.8. The number of likely N-dealkylation sites (N-methyl/N-ethyl adjacent to an activating group) is 1. The number of anilines is 1. The molecular weight excluding hydrogens is 474 g/mol. The van der Waals surface area contributed by atoms with Crippen molar-refractivity contribution in [1.82, 2.24) is 4.90 Å². The fraction of sp³-hybridized carbons (Fsp3) is 0.167. The average Bonchev–Trinajstić information content (AvgIpc) is 2.82. The fourth-order valence-corrected chi connectivity index (χ4v) is 4.14. The second-order valence-corrected chi connectivity index (χ2v) is 9.32. The maximum absolute atomic E-state index is 12.7. The molecule has 0 bridgehead atoms. The molecule has 3 aromatic carbocycles. The molecule has 0 saturated heterocycles. The Labute approximate surface area is 202 Å². The molecule has 11 heteroatoms. The average molecular weight is 498 g/mol. The molecule has 0 spiro atoms. The zero-order valence-electron chi connectivity index (χ0n) is 19.2. The molecule has 0 unspecified atom stereocenters. The number of nitrogens with zero attached hydrogens (tertiary/aromatic N) is 2. The van der Waals surface area contributed by atoms with Gasteiger partial charge in [0.15, 0.2) is 0 Å². The summed E-state index contributed by atoms with van der Waals surface area (Å²) < 4.78 is 29.9. The summed E-state index contributed by atoms with van der Waals surface area (Å²) >= 11 is 0. The van der Waals surface area contributed by atoms with Gasteiger partial charge in [0.1, 0.15) is 10.6 Å². The van der Waals surface area contributed by atoms with Crippen LogP contribution in [-0.4, -0.2) is 43.6 Å². The van der Waals surface area contributed by atoms with Crippen LogP contribution in [-0.2, 0) is 14.9 Å². The number of aryl methyl sites for hydroxylation is 1. The van der Waals surface area contributed by atoms with Crippen molar-refractivity contribution in [2.45, 2.75) is 18.7 Å². The molecular formula is C24H23N3O7S. The summed E-state index contributed by atoms with van der Waals surface area (Å²) in [6.45, 7) is 3.64. The molecule has 3 rings (SSSR count). The van der Waals surface area contributed by atoms with Gasteiger partial charge in [-0.1, -0.05) is 18.2 Å². The number of nitrogens with one attached hydrogen (secondary N) is 1. The van der Waals surface area contributed by atoms with Crippen molar-refractivity contribution in [3.63, 3.8) is 0 Å². The van der Waals surface area contributed by atoms with Gasteiger partial charge in [0.2, 0.25) is 5.91 Å². The molecule has 0 saturated carbocycles. The Morgan fingerprint density at radius 2 is 1.69 bits per heavy atom. The van der Waals surface area contributed by atoms with E-state index in [-0.39, 0.29) is 34.3 Å². The molecule has 2 amide bonds. The van der Waals surface area contributed by atoms with Crippen LogP contribution in [0, 0.1) is 24.0 Å². The summed E-state index contributed by atoms with van der Waals surface area (Å²) in [5.41, 5.74) is 2.46. The van der Waals surface area contributed by atoms with Crippen LogP contribution >= 0.6 is 0 Å². The maximum Gasteiger partial charge on any atom is 0.339 e. The van der Waals surface area contributed by atoms with Crippen LogP contribution in [0.3, 0.4) is 0 Å². The molecule has 35 heavy (non-hydrogen) atoms. The molecule has 1 N–H and O–H groups in total. The van der Waals surface area contributed by atoms with Crippen LogP contribution in [0.2, 0.25) is 0 Å². The van der Waals surface area contributed by atoms with Crippen LogP contribution in [0.1, 0.15) is 21.5 Å². The lowest BCUT2D eigenvalue weighted by molar-refractivity contribution is -0.385. The quantitative estimate of drug-likeness (QED) is 0.285. The molecule has 0 radical (unpaired) electrons. The van der Waals surface area contributed by atoms with Gasteiger partial charge < -0.3 is 14.4 Å². The number of nitro groups is 1. The van der Waals surface area contributed by atoms with Crippen molar-refractivity contribution in [2.24, 2.45) is 0 Å². The number of nitro benzene ring substituents is 1. The predicted molar refractivity (Wildman–Crippen MR) is 129 cm³/mol. The van der Waals surface area contributed by atoms with Gasteiger partial charge in [-0.2, -0.15) is 8.42 Å². The maximum atomic E-state index is 12.7. The van der Waals surface area contributed by atoms with Gasteiger partial charge in [-0.15, -0.1) is 0 Å². The number of non-ortho nitro benzene ring substituents is 1. The number of hydrogen-bond acceptors (Lipinski definition) is 7. The molecule has 0 atom stereocenters. The van der Waals surface area contributed by atoms with E-state index < -0.39 is 20.9 Å². The van der Waals surface area contributed by atoms with E-state index in [1.54, 1.807) is 6.07 Å². The summed E-state index contributed by atoms with van der Waals surface area (Å²) in [6.07, 6.45) is 0. The zero-order chi connectivity index (χ0) is 25.8. The van der Waals surface area contributed by atoms with Crippen molar-refractivity contribution >= 4 is 33.3 Å². The molecule has 0 aromatic heterocycles. The Kier molecular flexibility index (Phi) is 7.50. The van der Waals surface area contributed by atoms with Crippen LogP contribution in [0.4, 0.5) is 11.4 Å². The number of carbonyl (C=O) groups excluding carboxylic acids is 2. The topological polar surface area (TPSA) is 136 Å². The third-order valence-corrected chi connectivity index (χ3v) is 6.47. The van der Waals surface area contributed by atoms with Crippen LogP contribution in [0.25, 0.3) is 0 Å². The van der Waals surface area contributed by atoms with E-state index in [1.165, 1.54) is 48.3 Å². The summed E-state index contributed by atoms with van der Waals surface area (Å²) in [6, 6.07) is 15.3. The summed E-state index contributed by atoms with van der Waals surface area (Å²) in [5, 5.41) is 13.7. The third kappa shape index (κ3) is 6.21. The van der Waals surface area contributed by atoms with Gasteiger partial charge in [-0.25, -0.2) is 0 Å². The van der Waals surface area contributed by atoms with Gasteiger partial charge in [0, 0.05) is 30.4 Å². The highest BCUT2D eigenvalue weighted by molar-refractivity contribution is 7.87. The first kappa shape index (κ1) is 25.4. The largest absolute Gasteiger partial charge is 0.379 e. The Bertz CT molecular complexity index is 1390. The molecule has 0 fully saturated rings. The molecule has 3 aromatic rings. The summed E-state index contributed by atoms with van der Waals surface area (Å²) in [7, 11) is -2.85. The summed E-state index contributed by atoms with van der Waals surface area (Å²) in [4.78, 5) is 36.1. The van der Waals surface area contributed by atoms with Gasteiger partial charge in [0.25, 0.3) is 11.6 Å². The number of carbonyl (C=O) groups is 2. The van der Waals surface area contributed by atoms with Crippen LogP contribution in [0.15, 0.2) is 71.6 Å². The normalized spacial score (nSPS) is 10.9. The minimum atomic E-state index is -4.32. The Hall–Kier alpha value is -4.25. The van der Waals surface area contributed by atoms with Gasteiger partial charge in [0.05, 0.1) is 11.5 Å². The molecule has 0 heterocycles. The van der Waals surface area contributed by atoms with Gasteiger partial charge in [-0.3, -0.25) is 19.7 Å². The lowest BCUT2D eigenvalue weighted by atomic mass is 10.1. The van der Waals surface area contributed by atoms with Crippen molar-refractivity contribution in [1.29, 1.82) is 0 Å². The highest BCUT2D eigenvalue weighted by Gasteiger charge is 2.21.